The van der Waals surface area contributed by atoms with Crippen LogP contribution in [0.25, 0.3) is 0 Å². The summed E-state index contributed by atoms with van der Waals surface area (Å²) in [7, 11) is 0. The minimum atomic E-state index is -2.57. The lowest BCUT2D eigenvalue weighted by Crippen LogP contribution is -2.36. The number of aromatic nitrogens is 2. The van der Waals surface area contributed by atoms with Crippen LogP contribution in [0, 0.1) is 0 Å². The van der Waals surface area contributed by atoms with E-state index in [1.807, 2.05) is 5.48 Å². The summed E-state index contributed by atoms with van der Waals surface area (Å²) < 4.78 is 32.2. The number of benzene rings is 1. The Kier molecular flexibility index (Phi) is 4.24. The van der Waals surface area contributed by atoms with Crippen molar-refractivity contribution in [2.24, 2.45) is 0 Å². The van der Waals surface area contributed by atoms with Crippen LogP contribution < -0.4 is 5.48 Å². The summed E-state index contributed by atoms with van der Waals surface area (Å²) in [5, 5.41) is 12.6. The molecule has 2 N–H and O–H groups in total. The number of rotatable bonds is 5. The van der Waals surface area contributed by atoms with Gasteiger partial charge in [0.25, 0.3) is 6.43 Å². The molecule has 2 aromatic rings. The number of hydrogen-bond donors (Lipinski definition) is 2. The first kappa shape index (κ1) is 15.4. The van der Waals surface area contributed by atoms with Crippen molar-refractivity contribution in [3.63, 3.8) is 0 Å². The van der Waals surface area contributed by atoms with Crippen LogP contribution in [0.5, 0.6) is 0 Å². The zero-order valence-electron chi connectivity index (χ0n) is 12.0. The van der Waals surface area contributed by atoms with Crippen LogP contribution in [0.4, 0.5) is 14.5 Å². The number of nitrogens with zero attached hydrogens (tertiary/aromatic N) is 2. The number of halogens is 2. The van der Waals surface area contributed by atoms with Gasteiger partial charge in [-0.1, -0.05) is 0 Å². The topological polar surface area (TPSA) is 76.4 Å². The maximum Gasteiger partial charge on any atom is 0.338 e. The van der Waals surface area contributed by atoms with Gasteiger partial charge < -0.3 is 4.74 Å². The molecule has 1 fully saturated rings. The van der Waals surface area contributed by atoms with Gasteiger partial charge in [-0.25, -0.2) is 13.6 Å². The van der Waals surface area contributed by atoms with Gasteiger partial charge in [0.1, 0.15) is 11.8 Å². The van der Waals surface area contributed by atoms with Gasteiger partial charge in [0, 0.05) is 19.0 Å². The Morgan fingerprint density at radius 2 is 2.00 bits per heavy atom. The van der Waals surface area contributed by atoms with E-state index in [9.17, 15) is 13.6 Å². The second kappa shape index (κ2) is 6.33. The number of carbonyl (C=O) groups excluding carboxylic acids is 1. The summed E-state index contributed by atoms with van der Waals surface area (Å²) >= 11 is 0. The number of ether oxygens (including phenoxy) is 1. The molecular formula is C15H15F2N3O3. The van der Waals surface area contributed by atoms with E-state index < -0.39 is 12.4 Å². The van der Waals surface area contributed by atoms with Crippen LogP contribution in [0.3, 0.4) is 0 Å². The fourth-order valence-electron chi connectivity index (χ4n) is 2.54. The quantitative estimate of drug-likeness (QED) is 0.653. The summed E-state index contributed by atoms with van der Waals surface area (Å²) in [6.45, 7) is 0. The van der Waals surface area contributed by atoms with Crippen LogP contribution >= 0.6 is 0 Å². The van der Waals surface area contributed by atoms with E-state index in [2.05, 4.69) is 5.10 Å². The predicted octanol–water partition coefficient (Wildman–Crippen LogP) is 3.18. The molecule has 0 saturated heterocycles. The highest BCUT2D eigenvalue weighted by Gasteiger charge is 2.36. The number of carbonyl (C=O) groups is 1. The summed E-state index contributed by atoms with van der Waals surface area (Å²) in [5.74, 6) is -0.479. The number of hydrogen-bond acceptors (Lipinski definition) is 5. The van der Waals surface area contributed by atoms with Gasteiger partial charge in [-0.3, -0.25) is 15.4 Å². The average molecular weight is 323 g/mol. The Bertz CT molecular complexity index is 682. The lowest BCUT2D eigenvalue weighted by Gasteiger charge is -2.35. The Morgan fingerprint density at radius 1 is 1.30 bits per heavy atom. The van der Waals surface area contributed by atoms with Crippen molar-refractivity contribution >= 4 is 11.7 Å². The molecule has 1 heterocycles. The van der Waals surface area contributed by atoms with Crippen molar-refractivity contribution in [2.45, 2.75) is 31.4 Å². The Hall–Kier alpha value is -2.48. The largest absolute Gasteiger partial charge is 0.459 e. The van der Waals surface area contributed by atoms with E-state index in [1.54, 1.807) is 12.1 Å². The lowest BCUT2D eigenvalue weighted by molar-refractivity contribution is -0.0124. The minimum Gasteiger partial charge on any atom is -0.459 e. The zero-order chi connectivity index (χ0) is 16.4. The number of anilines is 1. The van der Waals surface area contributed by atoms with Crippen LogP contribution in [-0.4, -0.2) is 27.1 Å². The second-order valence-electron chi connectivity index (χ2n) is 5.34. The normalized spacial score (nSPS) is 20.2. The molecule has 0 amide bonds. The van der Waals surface area contributed by atoms with Crippen LogP contribution in [-0.2, 0) is 4.74 Å². The highest BCUT2D eigenvalue weighted by Crippen LogP contribution is 2.37. The molecule has 3 rings (SSSR count). The first-order valence-electron chi connectivity index (χ1n) is 7.11. The molecule has 0 bridgehead atoms. The fourth-order valence-corrected chi connectivity index (χ4v) is 2.54. The average Bonchev–Trinajstić information content (AvgIpc) is 2.99. The molecule has 0 radical (unpaired) electrons. The molecular weight excluding hydrogens is 308 g/mol. The molecule has 1 saturated carbocycles. The molecule has 1 aromatic heterocycles. The van der Waals surface area contributed by atoms with Crippen molar-refractivity contribution in [3.8, 4) is 0 Å². The highest BCUT2D eigenvalue weighted by atomic mass is 19.3. The molecule has 122 valence electrons. The van der Waals surface area contributed by atoms with Gasteiger partial charge in [0.15, 0.2) is 0 Å². The second-order valence-corrected chi connectivity index (χ2v) is 5.34. The molecule has 0 aliphatic heterocycles. The van der Waals surface area contributed by atoms with Crippen molar-refractivity contribution in [2.75, 3.05) is 5.48 Å². The Labute approximate surface area is 130 Å². The predicted molar refractivity (Wildman–Crippen MR) is 76.5 cm³/mol. The molecule has 6 nitrogen and oxygen atoms in total. The summed E-state index contributed by atoms with van der Waals surface area (Å²) in [5.41, 5.74) is 2.67. The third kappa shape index (κ3) is 3.16. The van der Waals surface area contributed by atoms with Gasteiger partial charge in [0.2, 0.25) is 0 Å². The van der Waals surface area contributed by atoms with E-state index in [4.69, 9.17) is 9.94 Å². The summed E-state index contributed by atoms with van der Waals surface area (Å²) in [6, 6.07) is 7.25. The van der Waals surface area contributed by atoms with E-state index in [1.165, 1.54) is 29.1 Å². The minimum absolute atomic E-state index is 0.119. The summed E-state index contributed by atoms with van der Waals surface area (Å²) in [6.07, 6.45) is -0.611. The lowest BCUT2D eigenvalue weighted by atomic mass is 9.89. The number of esters is 1. The molecule has 0 atom stereocenters. The van der Waals surface area contributed by atoms with Crippen molar-refractivity contribution < 1.29 is 23.5 Å². The third-order valence-electron chi connectivity index (χ3n) is 3.86. The standard InChI is InChI=1S/C15H15F2N3O3/c16-14(17)13-5-6-18-20(13)11-7-12(8-11)23-15(21)9-1-3-10(19-22)4-2-9/h1-6,11-12,14,19,22H,7-8H2. The molecule has 8 heteroatoms. The van der Waals surface area contributed by atoms with Gasteiger partial charge in [-0.15, -0.1) is 0 Å². The van der Waals surface area contributed by atoms with Crippen LogP contribution in [0.15, 0.2) is 36.5 Å². The van der Waals surface area contributed by atoms with Gasteiger partial charge in [-0.05, 0) is 30.3 Å². The monoisotopic (exact) mass is 323 g/mol. The molecule has 0 unspecified atom stereocenters. The van der Waals surface area contributed by atoms with Crippen LogP contribution in [0.2, 0.25) is 0 Å². The Morgan fingerprint density at radius 3 is 2.61 bits per heavy atom. The molecule has 23 heavy (non-hydrogen) atoms. The van der Waals surface area contributed by atoms with E-state index in [-0.39, 0.29) is 17.8 Å². The summed E-state index contributed by atoms with van der Waals surface area (Å²) in [4.78, 5) is 12.0. The van der Waals surface area contributed by atoms with Crippen molar-refractivity contribution in [1.82, 2.24) is 9.78 Å². The maximum absolute atomic E-state index is 12.8. The molecule has 1 aliphatic carbocycles. The first-order chi connectivity index (χ1) is 11.1. The van der Waals surface area contributed by atoms with E-state index in [0.29, 0.717) is 24.1 Å². The van der Waals surface area contributed by atoms with E-state index >= 15 is 0 Å². The molecule has 1 aromatic carbocycles. The van der Waals surface area contributed by atoms with Crippen molar-refractivity contribution in [3.05, 3.63) is 47.8 Å². The van der Waals surface area contributed by atoms with Gasteiger partial charge in [-0.2, -0.15) is 5.10 Å². The first-order valence-corrected chi connectivity index (χ1v) is 7.11. The van der Waals surface area contributed by atoms with Crippen LogP contribution in [0.1, 0.15) is 41.4 Å². The zero-order valence-corrected chi connectivity index (χ0v) is 12.0. The molecule has 1 aliphatic rings. The third-order valence-corrected chi connectivity index (χ3v) is 3.86. The Balaban J connectivity index is 1.55. The fraction of sp³-hybridized carbons (Fsp3) is 0.333. The number of nitrogens with one attached hydrogen (secondary N) is 1. The van der Waals surface area contributed by atoms with E-state index in [0.717, 1.165) is 0 Å². The maximum atomic E-state index is 12.8. The van der Waals surface area contributed by atoms with Crippen molar-refractivity contribution in [1.29, 1.82) is 0 Å². The SMILES string of the molecule is O=C(OC1CC(n2nccc2C(F)F)C1)c1ccc(NO)cc1. The smallest absolute Gasteiger partial charge is 0.338 e. The molecule has 0 spiro atoms. The number of alkyl halides is 2. The van der Waals surface area contributed by atoms with Gasteiger partial charge >= 0.3 is 5.97 Å². The van der Waals surface area contributed by atoms with Gasteiger partial charge in [0.05, 0.1) is 17.3 Å². The highest BCUT2D eigenvalue weighted by molar-refractivity contribution is 5.89.